The average Bonchev–Trinajstić information content (AvgIpc) is 3.02. The first kappa shape index (κ1) is 19.9. The van der Waals surface area contributed by atoms with E-state index in [9.17, 15) is 9.59 Å². The number of halogens is 1. The van der Waals surface area contributed by atoms with Crippen LogP contribution in [-0.4, -0.2) is 16.3 Å². The molecule has 1 heterocycles. The maximum atomic E-state index is 12.4. The van der Waals surface area contributed by atoms with Gasteiger partial charge in [0.1, 0.15) is 0 Å². The Morgan fingerprint density at radius 3 is 2.36 bits per heavy atom. The third-order valence-electron chi connectivity index (χ3n) is 4.82. The fourth-order valence-electron chi connectivity index (χ4n) is 3.48. The van der Waals surface area contributed by atoms with Gasteiger partial charge in [-0.15, -0.1) is 0 Å². The third kappa shape index (κ3) is 4.18. The van der Waals surface area contributed by atoms with Crippen molar-refractivity contribution in [1.82, 2.24) is 4.57 Å². The summed E-state index contributed by atoms with van der Waals surface area (Å²) in [6, 6.07) is 17.6. The molecule has 0 fully saturated rings. The zero-order valence-corrected chi connectivity index (χ0v) is 16.8. The fraction of sp³-hybridized carbons (Fsp3) is 0.217. The Morgan fingerprint density at radius 1 is 1.07 bits per heavy atom. The molecule has 5 heteroatoms. The van der Waals surface area contributed by atoms with Crippen molar-refractivity contribution in [2.45, 2.75) is 33.1 Å². The first-order valence-corrected chi connectivity index (χ1v) is 9.62. The summed E-state index contributed by atoms with van der Waals surface area (Å²) in [7, 11) is 0. The molecule has 0 spiro atoms. The number of carbonyl (C=O) groups is 2. The van der Waals surface area contributed by atoms with Gasteiger partial charge in [0, 0.05) is 34.0 Å². The lowest BCUT2D eigenvalue weighted by molar-refractivity contribution is -0.118. The molecule has 28 heavy (non-hydrogen) atoms. The van der Waals surface area contributed by atoms with Gasteiger partial charge in [-0.3, -0.25) is 9.59 Å². The second-order valence-corrected chi connectivity index (χ2v) is 7.33. The summed E-state index contributed by atoms with van der Waals surface area (Å²) < 4.78 is 2.09. The van der Waals surface area contributed by atoms with Crippen LogP contribution in [-0.2, 0) is 11.2 Å². The normalized spacial score (nSPS) is 10.8. The van der Waals surface area contributed by atoms with E-state index in [0.717, 1.165) is 28.2 Å². The molecule has 3 rings (SSSR count). The van der Waals surface area contributed by atoms with E-state index in [-0.39, 0.29) is 18.1 Å². The van der Waals surface area contributed by atoms with Crippen molar-refractivity contribution in [2.24, 2.45) is 5.73 Å². The molecule has 3 aromatic rings. The highest BCUT2D eigenvalue weighted by Crippen LogP contribution is 2.33. The number of rotatable bonds is 7. The van der Waals surface area contributed by atoms with Crippen molar-refractivity contribution in [1.29, 1.82) is 0 Å². The molecule has 0 aliphatic carbocycles. The zero-order chi connectivity index (χ0) is 20.3. The number of primary amides is 1. The molecule has 2 aromatic carbocycles. The summed E-state index contributed by atoms with van der Waals surface area (Å²) in [6.45, 7) is 3.62. The highest BCUT2D eigenvalue weighted by molar-refractivity contribution is 6.30. The molecule has 1 aromatic heterocycles. The molecular weight excluding hydrogens is 372 g/mol. The first-order chi connectivity index (χ1) is 13.4. The van der Waals surface area contributed by atoms with E-state index in [1.807, 2.05) is 48.5 Å². The molecule has 0 unspecified atom stereocenters. The van der Waals surface area contributed by atoms with Crippen molar-refractivity contribution >= 4 is 23.3 Å². The number of amides is 1. The minimum atomic E-state index is -0.340. The summed E-state index contributed by atoms with van der Waals surface area (Å²) in [5, 5.41) is 0.649. The number of benzene rings is 2. The average molecular weight is 395 g/mol. The van der Waals surface area contributed by atoms with Crippen LogP contribution in [0.1, 0.15) is 41.4 Å². The van der Waals surface area contributed by atoms with Crippen molar-refractivity contribution in [3.8, 4) is 16.9 Å². The van der Waals surface area contributed by atoms with E-state index in [2.05, 4.69) is 17.6 Å². The number of hydrogen-bond acceptors (Lipinski definition) is 2. The van der Waals surface area contributed by atoms with E-state index in [1.54, 1.807) is 6.92 Å². The van der Waals surface area contributed by atoms with Crippen LogP contribution in [0.3, 0.4) is 0 Å². The van der Waals surface area contributed by atoms with E-state index >= 15 is 0 Å². The largest absolute Gasteiger partial charge is 0.370 e. The van der Waals surface area contributed by atoms with E-state index in [0.29, 0.717) is 23.4 Å². The molecular formula is C23H23ClN2O2. The minimum Gasteiger partial charge on any atom is -0.370 e. The Hall–Kier alpha value is -2.85. The lowest BCUT2D eigenvalue weighted by Crippen LogP contribution is -2.12. The predicted octanol–water partition coefficient (Wildman–Crippen LogP) is 5.12. The molecule has 0 bridgehead atoms. The maximum Gasteiger partial charge on any atom is 0.217 e. The smallest absolute Gasteiger partial charge is 0.217 e. The predicted molar refractivity (Wildman–Crippen MR) is 113 cm³/mol. The number of ketones is 1. The second kappa shape index (κ2) is 8.44. The minimum absolute atomic E-state index is 0.00313. The summed E-state index contributed by atoms with van der Waals surface area (Å²) in [5.41, 5.74) is 10.9. The van der Waals surface area contributed by atoms with Crippen molar-refractivity contribution < 1.29 is 9.59 Å². The monoisotopic (exact) mass is 394 g/mol. The Balaban J connectivity index is 2.23. The van der Waals surface area contributed by atoms with Crippen LogP contribution in [0.4, 0.5) is 0 Å². The number of Topliss-reactive ketones (excluding diaryl/α,β-unsaturated/α-hetero) is 1. The lowest BCUT2D eigenvalue weighted by atomic mass is 10.0. The van der Waals surface area contributed by atoms with Crippen LogP contribution in [0.5, 0.6) is 0 Å². The molecule has 0 saturated heterocycles. The van der Waals surface area contributed by atoms with Crippen molar-refractivity contribution in [3.05, 3.63) is 76.4 Å². The van der Waals surface area contributed by atoms with Crippen molar-refractivity contribution in [3.63, 3.8) is 0 Å². The number of nitrogens with zero attached hydrogens (tertiary/aromatic N) is 1. The van der Waals surface area contributed by atoms with E-state index < -0.39 is 0 Å². The van der Waals surface area contributed by atoms with Crippen LogP contribution in [0.25, 0.3) is 16.9 Å². The number of carbonyl (C=O) groups excluding carboxylic acids is 2. The zero-order valence-electron chi connectivity index (χ0n) is 16.0. The van der Waals surface area contributed by atoms with Crippen LogP contribution < -0.4 is 5.73 Å². The maximum absolute atomic E-state index is 12.4. The van der Waals surface area contributed by atoms with Crippen LogP contribution >= 0.6 is 11.6 Å². The first-order valence-electron chi connectivity index (χ1n) is 9.24. The number of nitrogens with two attached hydrogens (primary N) is 1. The number of aryl methyl sites for hydroxylation is 1. The fourth-order valence-corrected chi connectivity index (χ4v) is 3.60. The molecule has 0 radical (unpaired) electrons. The van der Waals surface area contributed by atoms with Crippen molar-refractivity contribution in [2.75, 3.05) is 0 Å². The van der Waals surface area contributed by atoms with Gasteiger partial charge in [-0.1, -0.05) is 35.9 Å². The van der Waals surface area contributed by atoms with Gasteiger partial charge < -0.3 is 10.3 Å². The molecule has 0 aliphatic heterocycles. The van der Waals surface area contributed by atoms with E-state index in [1.165, 1.54) is 0 Å². The molecule has 0 aliphatic rings. The van der Waals surface area contributed by atoms with Crippen LogP contribution in [0, 0.1) is 6.92 Å². The van der Waals surface area contributed by atoms with Gasteiger partial charge in [-0.25, -0.2) is 0 Å². The number of aromatic nitrogens is 1. The molecule has 0 atom stereocenters. The Kier molecular flexibility index (Phi) is 6.00. The molecule has 0 saturated carbocycles. The van der Waals surface area contributed by atoms with E-state index in [4.69, 9.17) is 17.3 Å². The van der Waals surface area contributed by atoms with Gasteiger partial charge in [-0.05, 0) is 62.6 Å². The quantitative estimate of drug-likeness (QED) is 0.565. The second-order valence-electron chi connectivity index (χ2n) is 6.89. The summed E-state index contributed by atoms with van der Waals surface area (Å²) in [4.78, 5) is 23.6. The Morgan fingerprint density at radius 2 is 1.75 bits per heavy atom. The summed E-state index contributed by atoms with van der Waals surface area (Å²) >= 11 is 6.08. The third-order valence-corrected chi connectivity index (χ3v) is 5.08. The highest BCUT2D eigenvalue weighted by Gasteiger charge is 2.21. The molecule has 144 valence electrons. The Bertz CT molecular complexity index is 1020. The summed E-state index contributed by atoms with van der Waals surface area (Å²) in [5.74, 6) is -0.343. The van der Waals surface area contributed by atoms with Gasteiger partial charge >= 0.3 is 0 Å². The molecule has 4 nitrogen and oxygen atoms in total. The topological polar surface area (TPSA) is 65.1 Å². The van der Waals surface area contributed by atoms with Gasteiger partial charge in [-0.2, -0.15) is 0 Å². The van der Waals surface area contributed by atoms with Gasteiger partial charge in [0.05, 0.1) is 5.69 Å². The van der Waals surface area contributed by atoms with Gasteiger partial charge in [0.2, 0.25) is 5.91 Å². The highest BCUT2D eigenvalue weighted by atomic mass is 35.5. The standard InChI is InChI=1S/C23H23ClN2O2/c1-15-6-3-4-7-19(15)22-14-20(16(2)27)21(8-5-9-23(25)28)26(22)18-12-10-17(24)11-13-18/h3-4,6-7,10-14H,5,8-9H2,1-2H3,(H2,25,28). The lowest BCUT2D eigenvalue weighted by Gasteiger charge is -2.16. The molecule has 1 amide bonds. The number of hydrogen-bond donors (Lipinski definition) is 1. The SMILES string of the molecule is CC(=O)c1cc(-c2ccccc2C)n(-c2ccc(Cl)cc2)c1CCCC(N)=O. The van der Waals surface area contributed by atoms with Crippen LogP contribution in [0.15, 0.2) is 54.6 Å². The Labute approximate surface area is 169 Å². The van der Waals surface area contributed by atoms with Crippen LogP contribution in [0.2, 0.25) is 5.02 Å². The van der Waals surface area contributed by atoms with Gasteiger partial charge in [0.25, 0.3) is 0 Å². The molecule has 2 N–H and O–H groups in total. The summed E-state index contributed by atoms with van der Waals surface area (Å²) in [6.07, 6.45) is 1.44. The van der Waals surface area contributed by atoms with Gasteiger partial charge in [0.15, 0.2) is 5.78 Å².